The lowest BCUT2D eigenvalue weighted by Gasteiger charge is -2.29. The Labute approximate surface area is 207 Å². The average molecular weight is 479 g/mol. The predicted octanol–water partition coefficient (Wildman–Crippen LogP) is 3.56. The molecule has 0 bridgehead atoms. The van der Waals surface area contributed by atoms with Crippen molar-refractivity contribution in [2.45, 2.75) is 19.6 Å². The van der Waals surface area contributed by atoms with Crippen LogP contribution in [-0.2, 0) is 29.1 Å². The highest BCUT2D eigenvalue weighted by atomic mass is 16.5. The molecule has 0 unspecified atom stereocenters. The molecule has 0 atom stereocenters. The molecule has 0 aliphatic carbocycles. The minimum atomic E-state index is 0.633. The maximum Gasteiger partial charge on any atom is 0.298 e. The molecular formula is C27H34N4O4. The number of oxazole rings is 1. The number of rotatable bonds is 9. The molecule has 0 radical (unpaired) electrons. The number of aromatic nitrogens is 1. The van der Waals surface area contributed by atoms with E-state index in [0.29, 0.717) is 19.1 Å². The maximum atomic E-state index is 5.99. The highest BCUT2D eigenvalue weighted by molar-refractivity contribution is 5.48. The molecule has 5 rings (SSSR count). The Bertz CT molecular complexity index is 1060. The second-order valence-electron chi connectivity index (χ2n) is 8.98. The third-order valence-corrected chi connectivity index (χ3v) is 6.49. The predicted molar refractivity (Wildman–Crippen MR) is 135 cm³/mol. The second-order valence-corrected chi connectivity index (χ2v) is 8.98. The first-order valence-electron chi connectivity index (χ1n) is 12.3. The Kier molecular flexibility index (Phi) is 7.82. The number of ether oxygens (including phenoxy) is 3. The summed E-state index contributed by atoms with van der Waals surface area (Å²) >= 11 is 0. The van der Waals surface area contributed by atoms with Gasteiger partial charge in [-0.05, 0) is 35.4 Å². The molecule has 0 amide bonds. The lowest BCUT2D eigenvalue weighted by Crippen LogP contribution is -2.36. The van der Waals surface area contributed by atoms with Gasteiger partial charge in [-0.15, -0.1) is 0 Å². The molecule has 8 nitrogen and oxygen atoms in total. The Morgan fingerprint density at radius 1 is 0.886 bits per heavy atom. The third-order valence-electron chi connectivity index (χ3n) is 6.49. The second kappa shape index (κ2) is 11.6. The molecule has 2 aliphatic heterocycles. The first kappa shape index (κ1) is 23.7. The van der Waals surface area contributed by atoms with E-state index in [2.05, 4.69) is 51.1 Å². The van der Waals surface area contributed by atoms with E-state index in [1.54, 1.807) is 13.4 Å². The number of benzene rings is 2. The molecule has 186 valence electrons. The summed E-state index contributed by atoms with van der Waals surface area (Å²) in [5, 5.41) is 0. The van der Waals surface area contributed by atoms with E-state index in [0.717, 1.165) is 76.2 Å². The normalized spacial score (nSPS) is 16.9. The molecule has 8 heteroatoms. The van der Waals surface area contributed by atoms with Crippen molar-refractivity contribution in [1.82, 2.24) is 9.88 Å². The van der Waals surface area contributed by atoms with Crippen LogP contribution < -0.4 is 14.5 Å². The summed E-state index contributed by atoms with van der Waals surface area (Å²) in [6.45, 7) is 8.95. The van der Waals surface area contributed by atoms with E-state index in [4.69, 9.17) is 23.6 Å². The molecular weight excluding hydrogens is 444 g/mol. The molecule has 2 aromatic carbocycles. The summed E-state index contributed by atoms with van der Waals surface area (Å²) in [5.74, 6) is 0.845. The zero-order chi connectivity index (χ0) is 23.9. The number of nitrogens with zero attached hydrogens (tertiary/aromatic N) is 4. The quantitative estimate of drug-likeness (QED) is 0.463. The Balaban J connectivity index is 1.32. The highest BCUT2D eigenvalue weighted by Gasteiger charge is 2.18. The average Bonchev–Trinajstić information content (AvgIpc) is 3.38. The number of hydrogen-bond acceptors (Lipinski definition) is 8. The fraction of sp³-hybridized carbons (Fsp3) is 0.444. The largest absolute Gasteiger partial charge is 0.497 e. The van der Waals surface area contributed by atoms with Crippen molar-refractivity contribution in [2.75, 3.05) is 69.5 Å². The summed E-state index contributed by atoms with van der Waals surface area (Å²) in [4.78, 5) is 11.8. The number of hydrogen-bond donors (Lipinski definition) is 0. The van der Waals surface area contributed by atoms with Gasteiger partial charge in [-0.3, -0.25) is 4.90 Å². The minimum Gasteiger partial charge on any atom is -0.497 e. The summed E-state index contributed by atoms with van der Waals surface area (Å²) < 4.78 is 22.4. The molecule has 0 saturated carbocycles. The van der Waals surface area contributed by atoms with E-state index in [-0.39, 0.29) is 0 Å². The first-order valence-corrected chi connectivity index (χ1v) is 12.3. The van der Waals surface area contributed by atoms with Crippen molar-refractivity contribution < 1.29 is 18.6 Å². The fourth-order valence-corrected chi connectivity index (χ4v) is 4.54. The monoisotopic (exact) mass is 478 g/mol. The van der Waals surface area contributed by atoms with Crippen LogP contribution in [0.25, 0.3) is 0 Å². The molecule has 3 aromatic rings. The molecule has 35 heavy (non-hydrogen) atoms. The van der Waals surface area contributed by atoms with E-state index >= 15 is 0 Å². The van der Waals surface area contributed by atoms with Crippen LogP contribution in [0.15, 0.2) is 59.2 Å². The van der Waals surface area contributed by atoms with E-state index in [1.165, 1.54) is 11.3 Å². The number of anilines is 2. The van der Waals surface area contributed by atoms with E-state index in [9.17, 15) is 0 Å². The Morgan fingerprint density at radius 3 is 2.34 bits per heavy atom. The molecule has 0 spiro atoms. The van der Waals surface area contributed by atoms with Gasteiger partial charge in [0.25, 0.3) is 6.01 Å². The summed E-state index contributed by atoms with van der Waals surface area (Å²) in [7, 11) is 1.69. The van der Waals surface area contributed by atoms with Crippen LogP contribution in [0.2, 0.25) is 0 Å². The molecule has 1 aromatic heterocycles. The molecule has 2 fully saturated rings. The summed E-state index contributed by atoms with van der Waals surface area (Å²) in [5.41, 5.74) is 4.53. The number of morpholine rings is 2. The first-order chi connectivity index (χ1) is 17.3. The Hall–Kier alpha value is -3.07. The molecule has 0 N–H and O–H groups in total. The van der Waals surface area contributed by atoms with E-state index < -0.39 is 0 Å². The van der Waals surface area contributed by atoms with Crippen LogP contribution in [0, 0.1) is 0 Å². The van der Waals surface area contributed by atoms with E-state index in [1.807, 2.05) is 12.1 Å². The third kappa shape index (κ3) is 6.33. The fourth-order valence-electron chi connectivity index (χ4n) is 4.54. The zero-order valence-electron chi connectivity index (χ0n) is 20.4. The van der Waals surface area contributed by atoms with Gasteiger partial charge in [-0.1, -0.05) is 24.3 Å². The Morgan fingerprint density at radius 2 is 1.60 bits per heavy atom. The molecule has 2 saturated heterocycles. The van der Waals surface area contributed by atoms with Gasteiger partial charge in [0.15, 0.2) is 0 Å². The lowest BCUT2D eigenvalue weighted by molar-refractivity contribution is 0.0336. The highest BCUT2D eigenvalue weighted by Crippen LogP contribution is 2.24. The van der Waals surface area contributed by atoms with Crippen molar-refractivity contribution in [3.63, 3.8) is 0 Å². The standard InChI is InChI=1S/C27H34N4O4/c1-32-26-4-2-3-23(17-26)19-31(27-28-24(21-35-27)20-29-9-13-33-14-10-29)18-22-5-7-25(8-6-22)30-11-15-34-16-12-30/h2-8,17,21H,9-16,18-20H2,1H3. The van der Waals surface area contributed by atoms with Crippen LogP contribution in [0.5, 0.6) is 5.75 Å². The van der Waals surface area contributed by atoms with Crippen molar-refractivity contribution in [3.8, 4) is 5.75 Å². The van der Waals surface area contributed by atoms with Crippen molar-refractivity contribution in [2.24, 2.45) is 0 Å². The van der Waals surface area contributed by atoms with Crippen molar-refractivity contribution >= 4 is 11.7 Å². The van der Waals surface area contributed by atoms with Crippen LogP contribution in [0.4, 0.5) is 11.7 Å². The van der Waals surface area contributed by atoms with Gasteiger partial charge in [0.2, 0.25) is 0 Å². The van der Waals surface area contributed by atoms with Gasteiger partial charge in [-0.2, -0.15) is 4.98 Å². The SMILES string of the molecule is COc1cccc(CN(Cc2ccc(N3CCOCC3)cc2)c2nc(CN3CCOCC3)co2)c1. The molecule has 3 heterocycles. The van der Waals surface area contributed by atoms with Crippen LogP contribution in [-0.4, -0.2) is 69.6 Å². The van der Waals surface area contributed by atoms with Crippen LogP contribution >= 0.6 is 0 Å². The van der Waals surface area contributed by atoms with Gasteiger partial charge in [0.05, 0.1) is 39.2 Å². The topological polar surface area (TPSA) is 63.4 Å². The zero-order valence-corrected chi connectivity index (χ0v) is 20.4. The van der Waals surface area contributed by atoms with Crippen LogP contribution in [0.1, 0.15) is 16.8 Å². The summed E-state index contributed by atoms with van der Waals surface area (Å²) in [6, 6.07) is 17.6. The van der Waals surface area contributed by atoms with Crippen LogP contribution in [0.3, 0.4) is 0 Å². The van der Waals surface area contributed by atoms with Gasteiger partial charge in [0, 0.05) is 51.5 Å². The van der Waals surface area contributed by atoms with Crippen molar-refractivity contribution in [3.05, 3.63) is 71.6 Å². The smallest absolute Gasteiger partial charge is 0.298 e. The van der Waals surface area contributed by atoms with Gasteiger partial charge in [0.1, 0.15) is 12.0 Å². The van der Waals surface area contributed by atoms with Gasteiger partial charge in [-0.25, -0.2) is 0 Å². The minimum absolute atomic E-state index is 0.633. The maximum absolute atomic E-state index is 5.99. The van der Waals surface area contributed by atoms with Gasteiger partial charge >= 0.3 is 0 Å². The van der Waals surface area contributed by atoms with Gasteiger partial charge < -0.3 is 28.4 Å². The summed E-state index contributed by atoms with van der Waals surface area (Å²) in [6.07, 6.45) is 1.78. The number of methoxy groups -OCH3 is 1. The van der Waals surface area contributed by atoms with Crippen molar-refractivity contribution in [1.29, 1.82) is 0 Å². The molecule has 2 aliphatic rings. The lowest BCUT2D eigenvalue weighted by atomic mass is 10.1.